The van der Waals surface area contributed by atoms with Crippen LogP contribution in [0.1, 0.15) is 44.9 Å². The predicted molar refractivity (Wildman–Crippen MR) is 89.4 cm³/mol. The number of guanidine groups is 1. The molecular formula is C14H26IN3. The van der Waals surface area contributed by atoms with Gasteiger partial charge in [-0.2, -0.15) is 0 Å². The number of nitrogens with zero attached hydrogens (tertiary/aromatic N) is 1. The zero-order valence-electron chi connectivity index (χ0n) is 11.4. The largest absolute Gasteiger partial charge is 0.356 e. The highest BCUT2D eigenvalue weighted by molar-refractivity contribution is 14.0. The molecule has 0 atom stereocenters. The summed E-state index contributed by atoms with van der Waals surface area (Å²) < 4.78 is 0. The van der Waals surface area contributed by atoms with Crippen molar-refractivity contribution in [1.29, 1.82) is 0 Å². The first-order valence-electron chi connectivity index (χ1n) is 6.74. The molecule has 18 heavy (non-hydrogen) atoms. The molecule has 0 aromatic rings. The second-order valence-electron chi connectivity index (χ2n) is 4.70. The fraction of sp³-hybridized carbons (Fsp3) is 0.786. The summed E-state index contributed by atoms with van der Waals surface area (Å²) >= 11 is 0. The molecule has 0 saturated heterocycles. The van der Waals surface area contributed by atoms with Gasteiger partial charge in [-0.05, 0) is 18.8 Å². The van der Waals surface area contributed by atoms with Crippen LogP contribution in [0.15, 0.2) is 4.99 Å². The van der Waals surface area contributed by atoms with Crippen molar-refractivity contribution in [2.24, 2.45) is 10.9 Å². The lowest BCUT2D eigenvalue weighted by Crippen LogP contribution is -2.37. The molecule has 0 aromatic carbocycles. The smallest absolute Gasteiger partial charge is 0.191 e. The summed E-state index contributed by atoms with van der Waals surface area (Å²) in [5.41, 5.74) is 0. The van der Waals surface area contributed by atoms with Crippen molar-refractivity contribution >= 4 is 29.9 Å². The Labute approximate surface area is 129 Å². The molecule has 104 valence electrons. The van der Waals surface area contributed by atoms with Crippen LogP contribution in [0, 0.1) is 18.3 Å². The average Bonchev–Trinajstić information content (AvgIpc) is 2.39. The molecule has 0 spiro atoms. The lowest BCUT2D eigenvalue weighted by molar-refractivity contribution is 0.332. The molecule has 2 N–H and O–H groups in total. The minimum atomic E-state index is 0. The van der Waals surface area contributed by atoms with Crippen molar-refractivity contribution in [3.63, 3.8) is 0 Å². The Balaban J connectivity index is 0.00000289. The second kappa shape index (κ2) is 11.6. The summed E-state index contributed by atoms with van der Waals surface area (Å²) in [5.74, 6) is 4.32. The number of rotatable bonds is 5. The summed E-state index contributed by atoms with van der Waals surface area (Å²) in [5, 5.41) is 6.35. The Morgan fingerprint density at radius 3 is 2.61 bits per heavy atom. The summed E-state index contributed by atoms with van der Waals surface area (Å²) in [7, 11) is 1.77. The van der Waals surface area contributed by atoms with Crippen LogP contribution in [0.3, 0.4) is 0 Å². The monoisotopic (exact) mass is 363 g/mol. The number of aliphatic imine (C=N–C) groups is 1. The Hall–Kier alpha value is -0.440. The standard InChI is InChI=1S/C14H25N3.HI/c1-3-11-16-14(15-2)17-12-7-10-13-8-5-4-6-9-13;/h1,13H,4-12H2,2H3,(H2,15,16,17);1H. The number of halogens is 1. The minimum Gasteiger partial charge on any atom is -0.356 e. The van der Waals surface area contributed by atoms with Crippen LogP contribution >= 0.6 is 24.0 Å². The summed E-state index contributed by atoms with van der Waals surface area (Å²) in [4.78, 5) is 4.11. The first kappa shape index (κ1) is 17.6. The lowest BCUT2D eigenvalue weighted by Gasteiger charge is -2.21. The summed E-state index contributed by atoms with van der Waals surface area (Å²) in [6, 6.07) is 0. The number of hydrogen-bond acceptors (Lipinski definition) is 1. The maximum atomic E-state index is 5.19. The molecule has 0 unspecified atom stereocenters. The number of terminal acetylenes is 1. The van der Waals surface area contributed by atoms with Gasteiger partial charge < -0.3 is 10.6 Å². The van der Waals surface area contributed by atoms with Crippen LogP contribution in [-0.2, 0) is 0 Å². The van der Waals surface area contributed by atoms with E-state index in [-0.39, 0.29) is 24.0 Å². The van der Waals surface area contributed by atoms with Crippen LogP contribution in [0.2, 0.25) is 0 Å². The van der Waals surface area contributed by atoms with E-state index in [4.69, 9.17) is 6.42 Å². The molecule has 0 aromatic heterocycles. The third-order valence-electron chi connectivity index (χ3n) is 3.39. The van der Waals surface area contributed by atoms with Crippen LogP contribution in [0.4, 0.5) is 0 Å². The third-order valence-corrected chi connectivity index (χ3v) is 3.39. The van der Waals surface area contributed by atoms with E-state index >= 15 is 0 Å². The van der Waals surface area contributed by atoms with Crippen LogP contribution in [0.25, 0.3) is 0 Å². The fourth-order valence-electron chi connectivity index (χ4n) is 2.43. The normalized spacial score (nSPS) is 16.6. The van der Waals surface area contributed by atoms with E-state index in [9.17, 15) is 0 Å². The molecule has 1 aliphatic carbocycles. The van der Waals surface area contributed by atoms with Gasteiger partial charge in [0.2, 0.25) is 0 Å². The van der Waals surface area contributed by atoms with Gasteiger partial charge in [0.1, 0.15) is 0 Å². The molecule has 1 aliphatic rings. The van der Waals surface area contributed by atoms with Gasteiger partial charge in [0.25, 0.3) is 0 Å². The Bertz CT molecular complexity index is 265. The van der Waals surface area contributed by atoms with Gasteiger partial charge in [-0.15, -0.1) is 30.4 Å². The van der Waals surface area contributed by atoms with Gasteiger partial charge in [0, 0.05) is 13.6 Å². The van der Waals surface area contributed by atoms with E-state index in [1.54, 1.807) is 7.05 Å². The topological polar surface area (TPSA) is 36.4 Å². The third kappa shape index (κ3) is 7.80. The molecule has 0 aliphatic heterocycles. The SMILES string of the molecule is C#CCNC(=NC)NCCCC1CCCCC1.I. The Morgan fingerprint density at radius 1 is 1.28 bits per heavy atom. The van der Waals surface area contributed by atoms with Gasteiger partial charge in [-0.1, -0.05) is 38.0 Å². The molecule has 0 heterocycles. The highest BCUT2D eigenvalue weighted by atomic mass is 127. The Morgan fingerprint density at radius 2 is 2.00 bits per heavy atom. The van der Waals surface area contributed by atoms with Crippen LogP contribution in [-0.4, -0.2) is 26.1 Å². The van der Waals surface area contributed by atoms with E-state index in [0.29, 0.717) is 6.54 Å². The van der Waals surface area contributed by atoms with Crippen molar-refractivity contribution in [2.45, 2.75) is 44.9 Å². The summed E-state index contributed by atoms with van der Waals surface area (Å²) in [6.45, 7) is 1.52. The molecule has 0 radical (unpaired) electrons. The van der Waals surface area contributed by atoms with Gasteiger partial charge in [0.05, 0.1) is 6.54 Å². The lowest BCUT2D eigenvalue weighted by atomic mass is 9.86. The zero-order chi connectivity index (χ0) is 12.3. The summed E-state index contributed by atoms with van der Waals surface area (Å²) in [6.07, 6.45) is 14.9. The van der Waals surface area contributed by atoms with Crippen molar-refractivity contribution in [1.82, 2.24) is 10.6 Å². The molecule has 0 amide bonds. The first-order valence-corrected chi connectivity index (χ1v) is 6.74. The van der Waals surface area contributed by atoms with E-state index in [2.05, 4.69) is 21.5 Å². The van der Waals surface area contributed by atoms with Crippen molar-refractivity contribution < 1.29 is 0 Å². The molecule has 0 bridgehead atoms. The minimum absolute atomic E-state index is 0. The van der Waals surface area contributed by atoms with Gasteiger partial charge >= 0.3 is 0 Å². The molecule has 1 saturated carbocycles. The highest BCUT2D eigenvalue weighted by Gasteiger charge is 2.12. The molecular weight excluding hydrogens is 337 g/mol. The maximum absolute atomic E-state index is 5.19. The van der Waals surface area contributed by atoms with Gasteiger partial charge in [-0.25, -0.2) is 0 Å². The fourth-order valence-corrected chi connectivity index (χ4v) is 2.43. The molecule has 1 rings (SSSR count). The van der Waals surface area contributed by atoms with Crippen LogP contribution < -0.4 is 10.6 Å². The van der Waals surface area contributed by atoms with Crippen LogP contribution in [0.5, 0.6) is 0 Å². The van der Waals surface area contributed by atoms with Gasteiger partial charge in [-0.3, -0.25) is 4.99 Å². The molecule has 1 fully saturated rings. The van der Waals surface area contributed by atoms with E-state index in [1.165, 1.54) is 44.9 Å². The second-order valence-corrected chi connectivity index (χ2v) is 4.70. The first-order chi connectivity index (χ1) is 8.36. The maximum Gasteiger partial charge on any atom is 0.191 e. The highest BCUT2D eigenvalue weighted by Crippen LogP contribution is 2.26. The van der Waals surface area contributed by atoms with E-state index < -0.39 is 0 Å². The quantitative estimate of drug-likeness (QED) is 0.259. The van der Waals surface area contributed by atoms with E-state index in [1.807, 2.05) is 0 Å². The van der Waals surface area contributed by atoms with Crippen molar-refractivity contribution in [2.75, 3.05) is 20.1 Å². The number of hydrogen-bond donors (Lipinski definition) is 2. The Kier molecular flexibility index (Phi) is 11.4. The molecule has 3 nitrogen and oxygen atoms in total. The van der Waals surface area contributed by atoms with E-state index in [0.717, 1.165) is 18.4 Å². The molecule has 4 heteroatoms. The van der Waals surface area contributed by atoms with Crippen molar-refractivity contribution in [3.8, 4) is 12.3 Å². The zero-order valence-corrected chi connectivity index (χ0v) is 13.7. The van der Waals surface area contributed by atoms with Crippen molar-refractivity contribution in [3.05, 3.63) is 0 Å². The van der Waals surface area contributed by atoms with Gasteiger partial charge in [0.15, 0.2) is 5.96 Å². The number of nitrogens with one attached hydrogen (secondary N) is 2. The predicted octanol–water partition coefficient (Wildman–Crippen LogP) is 2.76. The average molecular weight is 363 g/mol.